The zero-order chi connectivity index (χ0) is 12.1. The van der Waals surface area contributed by atoms with Gasteiger partial charge in [-0.05, 0) is 26.0 Å². The fraction of sp³-hybridized carbons (Fsp3) is 0.417. The molecule has 1 rings (SSSR count). The van der Waals surface area contributed by atoms with Gasteiger partial charge in [-0.25, -0.2) is 4.79 Å². The first-order chi connectivity index (χ1) is 7.60. The molecule has 1 aromatic rings. The van der Waals surface area contributed by atoms with Crippen molar-refractivity contribution in [3.05, 3.63) is 24.3 Å². The van der Waals surface area contributed by atoms with Crippen molar-refractivity contribution in [3.8, 4) is 5.75 Å². The molecule has 1 atom stereocenters. The van der Waals surface area contributed by atoms with Crippen molar-refractivity contribution < 1.29 is 14.6 Å². The highest BCUT2D eigenvalue weighted by Crippen LogP contribution is 2.22. The first-order valence-corrected chi connectivity index (χ1v) is 5.23. The molecule has 4 heteroatoms. The lowest BCUT2D eigenvalue weighted by Gasteiger charge is -2.27. The van der Waals surface area contributed by atoms with Gasteiger partial charge in [0.25, 0.3) is 0 Å². The Hall–Kier alpha value is -1.71. The second-order valence-corrected chi connectivity index (χ2v) is 3.50. The summed E-state index contributed by atoms with van der Waals surface area (Å²) in [5.74, 6) is -0.0989. The lowest BCUT2D eigenvalue weighted by atomic mass is 10.2. The monoisotopic (exact) mass is 223 g/mol. The Labute approximate surface area is 95.5 Å². The van der Waals surface area contributed by atoms with Crippen LogP contribution >= 0.6 is 0 Å². The molecule has 0 bridgehead atoms. The Morgan fingerprint density at radius 1 is 1.56 bits per heavy atom. The third-order valence-electron chi connectivity index (χ3n) is 2.55. The molecule has 1 N–H and O–H groups in total. The number of nitrogens with zero attached hydrogens (tertiary/aromatic N) is 1. The van der Waals surface area contributed by atoms with Crippen molar-refractivity contribution in [2.24, 2.45) is 0 Å². The summed E-state index contributed by atoms with van der Waals surface area (Å²) in [6.07, 6.45) is 0. The van der Waals surface area contributed by atoms with Crippen LogP contribution in [0.2, 0.25) is 0 Å². The van der Waals surface area contributed by atoms with E-state index in [1.54, 1.807) is 14.0 Å². The molecule has 0 fully saturated rings. The van der Waals surface area contributed by atoms with E-state index in [4.69, 9.17) is 9.84 Å². The van der Waals surface area contributed by atoms with Crippen LogP contribution < -0.4 is 9.64 Å². The van der Waals surface area contributed by atoms with Crippen LogP contribution in [0.1, 0.15) is 13.8 Å². The quantitative estimate of drug-likeness (QED) is 0.829. The molecule has 4 nitrogen and oxygen atoms in total. The highest BCUT2D eigenvalue weighted by Gasteiger charge is 2.19. The molecule has 88 valence electrons. The largest absolute Gasteiger partial charge is 0.497 e. The van der Waals surface area contributed by atoms with Crippen LogP contribution in [0.4, 0.5) is 5.69 Å². The third-order valence-corrected chi connectivity index (χ3v) is 2.55. The van der Waals surface area contributed by atoms with Crippen molar-refractivity contribution in [2.45, 2.75) is 19.9 Å². The number of benzene rings is 1. The summed E-state index contributed by atoms with van der Waals surface area (Å²) in [6.45, 7) is 4.24. The Morgan fingerprint density at radius 3 is 2.75 bits per heavy atom. The van der Waals surface area contributed by atoms with Gasteiger partial charge in [0.2, 0.25) is 0 Å². The van der Waals surface area contributed by atoms with E-state index in [1.165, 1.54) is 0 Å². The van der Waals surface area contributed by atoms with Gasteiger partial charge in [0.05, 0.1) is 7.11 Å². The number of hydrogen-bond donors (Lipinski definition) is 1. The number of aliphatic carboxylic acids is 1. The number of ether oxygens (including phenoxy) is 1. The van der Waals surface area contributed by atoms with Crippen molar-refractivity contribution >= 4 is 11.7 Å². The van der Waals surface area contributed by atoms with E-state index in [2.05, 4.69) is 0 Å². The SMILES string of the molecule is CCN(c1cccc(OC)c1)[C@H](C)C(=O)O. The highest BCUT2D eigenvalue weighted by atomic mass is 16.5. The van der Waals surface area contributed by atoms with E-state index >= 15 is 0 Å². The Kier molecular flexibility index (Phi) is 4.17. The topological polar surface area (TPSA) is 49.8 Å². The molecule has 0 spiro atoms. The molecule has 0 aliphatic carbocycles. The van der Waals surface area contributed by atoms with Crippen LogP contribution in [0.25, 0.3) is 0 Å². The molecule has 16 heavy (non-hydrogen) atoms. The maximum absolute atomic E-state index is 11.0. The van der Waals surface area contributed by atoms with Gasteiger partial charge >= 0.3 is 5.97 Å². The number of carboxylic acids is 1. The number of hydrogen-bond acceptors (Lipinski definition) is 3. The first kappa shape index (κ1) is 12.4. The first-order valence-electron chi connectivity index (χ1n) is 5.23. The smallest absolute Gasteiger partial charge is 0.326 e. The number of carboxylic acid groups (broad SMARTS) is 1. The molecule has 0 heterocycles. The van der Waals surface area contributed by atoms with Gasteiger partial charge in [0.15, 0.2) is 0 Å². The molecule has 0 aliphatic heterocycles. The van der Waals surface area contributed by atoms with Crippen LogP contribution in [0.15, 0.2) is 24.3 Å². The second kappa shape index (κ2) is 5.39. The fourth-order valence-electron chi connectivity index (χ4n) is 1.60. The van der Waals surface area contributed by atoms with Crippen LogP contribution in [0.5, 0.6) is 5.75 Å². The van der Waals surface area contributed by atoms with E-state index in [9.17, 15) is 4.79 Å². The van der Waals surface area contributed by atoms with Crippen LogP contribution in [0.3, 0.4) is 0 Å². The molecule has 0 aromatic heterocycles. The normalized spacial score (nSPS) is 11.9. The maximum atomic E-state index is 11.0. The Balaban J connectivity index is 2.98. The molecule has 1 aromatic carbocycles. The van der Waals surface area contributed by atoms with Crippen LogP contribution in [-0.4, -0.2) is 30.8 Å². The van der Waals surface area contributed by atoms with Gasteiger partial charge in [0, 0.05) is 18.3 Å². The van der Waals surface area contributed by atoms with Gasteiger partial charge in [-0.15, -0.1) is 0 Å². The fourth-order valence-corrected chi connectivity index (χ4v) is 1.60. The minimum absolute atomic E-state index is 0.544. The summed E-state index contributed by atoms with van der Waals surface area (Å²) >= 11 is 0. The molecule has 0 saturated carbocycles. The molecule has 0 unspecified atom stereocenters. The van der Waals surface area contributed by atoms with E-state index in [0.29, 0.717) is 6.54 Å². The zero-order valence-electron chi connectivity index (χ0n) is 9.80. The van der Waals surface area contributed by atoms with Gasteiger partial charge in [-0.1, -0.05) is 6.07 Å². The van der Waals surface area contributed by atoms with Gasteiger partial charge < -0.3 is 14.7 Å². The number of methoxy groups -OCH3 is 1. The van der Waals surface area contributed by atoms with Crippen molar-refractivity contribution in [2.75, 3.05) is 18.6 Å². The van der Waals surface area contributed by atoms with Crippen molar-refractivity contribution in [1.82, 2.24) is 0 Å². The molecular formula is C12H17NO3. The number of anilines is 1. The average molecular weight is 223 g/mol. The van der Waals surface area contributed by atoms with E-state index in [0.717, 1.165) is 11.4 Å². The summed E-state index contributed by atoms with van der Waals surface area (Å²) in [6, 6.07) is 6.86. The van der Waals surface area contributed by atoms with E-state index < -0.39 is 12.0 Å². The summed E-state index contributed by atoms with van der Waals surface area (Å²) < 4.78 is 5.12. The van der Waals surface area contributed by atoms with Gasteiger partial charge in [-0.2, -0.15) is 0 Å². The lowest BCUT2D eigenvalue weighted by Crippen LogP contribution is -2.38. The molecule has 0 amide bonds. The Morgan fingerprint density at radius 2 is 2.25 bits per heavy atom. The third kappa shape index (κ3) is 2.66. The number of likely N-dealkylation sites (N-methyl/N-ethyl adjacent to an activating group) is 1. The minimum Gasteiger partial charge on any atom is -0.497 e. The van der Waals surface area contributed by atoms with E-state index in [-0.39, 0.29) is 0 Å². The van der Waals surface area contributed by atoms with Gasteiger partial charge in [-0.3, -0.25) is 0 Å². The summed E-state index contributed by atoms with van der Waals surface area (Å²) in [5, 5.41) is 9.00. The number of rotatable bonds is 5. The van der Waals surface area contributed by atoms with Gasteiger partial charge in [0.1, 0.15) is 11.8 Å². The number of carbonyl (C=O) groups is 1. The molecule has 0 radical (unpaired) electrons. The lowest BCUT2D eigenvalue weighted by molar-refractivity contribution is -0.138. The molecule has 0 saturated heterocycles. The zero-order valence-corrected chi connectivity index (χ0v) is 9.80. The van der Waals surface area contributed by atoms with Crippen LogP contribution in [0, 0.1) is 0 Å². The standard InChI is InChI=1S/C12H17NO3/c1-4-13(9(2)12(14)15)10-6-5-7-11(8-10)16-3/h5-9H,4H2,1-3H3,(H,14,15)/t9-/m1/s1. The summed E-state index contributed by atoms with van der Waals surface area (Å²) in [4.78, 5) is 12.8. The predicted octanol–water partition coefficient (Wildman–Crippen LogP) is 1.99. The van der Waals surface area contributed by atoms with E-state index in [1.807, 2.05) is 36.1 Å². The summed E-state index contributed by atoms with van der Waals surface area (Å²) in [5.41, 5.74) is 0.858. The van der Waals surface area contributed by atoms with Crippen molar-refractivity contribution in [1.29, 1.82) is 0 Å². The molecular weight excluding hydrogens is 206 g/mol. The minimum atomic E-state index is -0.829. The highest BCUT2D eigenvalue weighted by molar-refractivity contribution is 5.77. The molecule has 0 aliphatic rings. The average Bonchev–Trinajstić information content (AvgIpc) is 2.30. The maximum Gasteiger partial charge on any atom is 0.326 e. The Bertz CT molecular complexity index is 365. The predicted molar refractivity (Wildman–Crippen MR) is 63.1 cm³/mol. The second-order valence-electron chi connectivity index (χ2n) is 3.50. The van der Waals surface area contributed by atoms with Crippen LogP contribution in [-0.2, 0) is 4.79 Å². The summed E-state index contributed by atoms with van der Waals surface area (Å²) in [7, 11) is 1.59. The van der Waals surface area contributed by atoms with Crippen molar-refractivity contribution in [3.63, 3.8) is 0 Å².